The second-order valence-corrected chi connectivity index (χ2v) is 11.5. The topological polar surface area (TPSA) is 77.8 Å². The molecule has 0 spiro atoms. The molecule has 0 amide bonds. The number of likely N-dealkylation sites (N-methyl/N-ethyl adjacent to an activating group) is 1. The summed E-state index contributed by atoms with van der Waals surface area (Å²) < 4.78 is 12.1. The number of hydrogen-bond donors (Lipinski definition) is 3. The monoisotopic (exact) mass is 446 g/mol. The molecule has 0 saturated carbocycles. The fourth-order valence-corrected chi connectivity index (χ4v) is 4.73. The molecule has 0 heterocycles. The van der Waals surface area contributed by atoms with Crippen LogP contribution in [-0.2, 0) is 4.57 Å². The molecule has 1 unspecified atom stereocenters. The van der Waals surface area contributed by atoms with E-state index >= 15 is 0 Å². The molecule has 0 bridgehead atoms. The minimum absolute atomic E-state index is 0.0535. The quantitative estimate of drug-likeness (QED) is 0.0962. The van der Waals surface area contributed by atoms with Crippen molar-refractivity contribution in [3.63, 3.8) is 0 Å². The van der Waals surface area contributed by atoms with E-state index in [1.165, 1.54) is 38.5 Å². The Balaban J connectivity index is 3.72. The van der Waals surface area contributed by atoms with Gasteiger partial charge in [0.15, 0.2) is 0 Å². The van der Waals surface area contributed by atoms with Crippen molar-refractivity contribution in [3.8, 4) is 0 Å². The summed E-state index contributed by atoms with van der Waals surface area (Å²) in [6, 6.07) is 0. The largest absolute Gasteiger partial charge is 0.373 e. The number of rotatable bonds is 19. The van der Waals surface area contributed by atoms with Crippen LogP contribution in [0, 0.1) is 0 Å². The number of nitrogens with zero attached hydrogens (tertiary/aromatic N) is 1. The molecule has 0 aromatic carbocycles. The summed E-state index contributed by atoms with van der Waals surface area (Å²) in [6.45, 7) is 2.23. The number of hydrogen-bond acceptors (Lipinski definition) is 2. The molecule has 0 aliphatic heterocycles. The summed E-state index contributed by atoms with van der Waals surface area (Å²) in [4.78, 5) is 19.2. The average molecular weight is 447 g/mol. The zero-order valence-electron chi connectivity index (χ0n) is 20.1. The van der Waals surface area contributed by atoms with E-state index in [0.29, 0.717) is 10.9 Å². The van der Waals surface area contributed by atoms with E-state index in [1.807, 2.05) is 21.1 Å². The van der Waals surface area contributed by atoms with E-state index in [1.54, 1.807) is 0 Å². The van der Waals surface area contributed by atoms with Gasteiger partial charge in [-0.15, -0.1) is 0 Å². The number of allylic oxidation sites excluding steroid dienone is 4. The highest BCUT2D eigenvalue weighted by atomic mass is 31.2. The van der Waals surface area contributed by atoms with Crippen LogP contribution in [0.2, 0.25) is 0 Å². The molecule has 0 fully saturated rings. The lowest BCUT2D eigenvalue weighted by molar-refractivity contribution is -0.875. The van der Waals surface area contributed by atoms with E-state index in [0.717, 1.165) is 38.5 Å². The maximum absolute atomic E-state index is 11.8. The molecule has 0 aromatic rings. The molecule has 0 aliphatic rings. The SMILES string of the molecule is CC/C=C\CCCCCC/C=C\CCCCCCCC(O)(C[N+](C)(C)C)P(=O)(O)O. The van der Waals surface area contributed by atoms with E-state index in [4.69, 9.17) is 0 Å². The van der Waals surface area contributed by atoms with Crippen molar-refractivity contribution in [2.75, 3.05) is 27.7 Å². The third-order valence-corrected chi connectivity index (χ3v) is 6.73. The number of quaternary nitrogens is 1. The highest BCUT2D eigenvalue weighted by Gasteiger charge is 2.48. The molecule has 5 nitrogen and oxygen atoms in total. The van der Waals surface area contributed by atoms with Crippen molar-refractivity contribution in [2.24, 2.45) is 0 Å². The van der Waals surface area contributed by atoms with E-state index in [2.05, 4.69) is 31.2 Å². The minimum atomic E-state index is -4.55. The van der Waals surface area contributed by atoms with Crippen LogP contribution in [-0.4, -0.2) is 52.4 Å². The van der Waals surface area contributed by atoms with Gasteiger partial charge in [0.25, 0.3) is 0 Å². The van der Waals surface area contributed by atoms with Crippen LogP contribution in [0.4, 0.5) is 0 Å². The van der Waals surface area contributed by atoms with Crippen LogP contribution < -0.4 is 0 Å². The maximum Gasteiger partial charge on any atom is 0.362 e. The van der Waals surface area contributed by atoms with Crippen molar-refractivity contribution in [1.82, 2.24) is 0 Å². The number of aliphatic hydroxyl groups is 1. The standard InChI is InChI=1S/C24H48NO4P/c1-5-6-7-8-9-10-11-12-13-14-15-16-17-18-19-20-21-22-24(26,30(27,28)29)23-25(2,3)4/h6-7,14-15,26H,5,8-13,16-23H2,1-4H3,(H-,27,28,29)/p+1/b7-6-,15-14-. The van der Waals surface area contributed by atoms with E-state index < -0.39 is 12.9 Å². The second kappa shape index (κ2) is 16.2. The summed E-state index contributed by atoms with van der Waals surface area (Å²) in [5.41, 5.74) is 0. The Morgan fingerprint density at radius 1 is 0.733 bits per heavy atom. The fourth-order valence-electron chi connectivity index (χ4n) is 3.68. The van der Waals surface area contributed by atoms with Gasteiger partial charge in [0, 0.05) is 0 Å². The third-order valence-electron chi connectivity index (χ3n) is 5.28. The Morgan fingerprint density at radius 2 is 1.13 bits per heavy atom. The Kier molecular flexibility index (Phi) is 16.0. The highest BCUT2D eigenvalue weighted by molar-refractivity contribution is 7.53. The predicted octanol–water partition coefficient (Wildman–Crippen LogP) is 6.15. The van der Waals surface area contributed by atoms with Crippen molar-refractivity contribution < 1.29 is 23.9 Å². The Bertz CT molecular complexity index is 522. The molecule has 1 atom stereocenters. The summed E-state index contributed by atoms with van der Waals surface area (Å²) in [6.07, 6.45) is 24.0. The van der Waals surface area contributed by atoms with Gasteiger partial charge >= 0.3 is 7.60 Å². The molecule has 0 aliphatic carbocycles. The first-order chi connectivity index (χ1) is 14.0. The molecule has 0 rings (SSSR count). The smallest absolute Gasteiger partial charge is 0.362 e. The molecule has 0 radical (unpaired) electrons. The highest BCUT2D eigenvalue weighted by Crippen LogP contribution is 2.52. The summed E-state index contributed by atoms with van der Waals surface area (Å²) in [5, 5.41) is 8.60. The summed E-state index contributed by atoms with van der Waals surface area (Å²) >= 11 is 0. The number of unbranched alkanes of at least 4 members (excludes halogenated alkanes) is 10. The van der Waals surface area contributed by atoms with Gasteiger partial charge in [0.05, 0.1) is 21.1 Å². The van der Waals surface area contributed by atoms with Crippen molar-refractivity contribution in [3.05, 3.63) is 24.3 Å². The Labute approximate surface area is 186 Å². The van der Waals surface area contributed by atoms with Crippen LogP contribution in [0.3, 0.4) is 0 Å². The van der Waals surface area contributed by atoms with Crippen molar-refractivity contribution in [1.29, 1.82) is 0 Å². The van der Waals surface area contributed by atoms with Crippen LogP contribution >= 0.6 is 7.60 Å². The van der Waals surface area contributed by atoms with Gasteiger partial charge in [-0.25, -0.2) is 0 Å². The van der Waals surface area contributed by atoms with Gasteiger partial charge in [-0.1, -0.05) is 63.3 Å². The average Bonchev–Trinajstić information content (AvgIpc) is 2.62. The first-order valence-corrected chi connectivity index (χ1v) is 13.5. The van der Waals surface area contributed by atoms with Gasteiger partial charge < -0.3 is 19.4 Å². The van der Waals surface area contributed by atoms with E-state index in [9.17, 15) is 19.5 Å². The van der Waals surface area contributed by atoms with Gasteiger partial charge in [-0.2, -0.15) is 0 Å². The van der Waals surface area contributed by atoms with Crippen LogP contribution in [0.25, 0.3) is 0 Å². The van der Waals surface area contributed by atoms with Gasteiger partial charge in [0.1, 0.15) is 6.54 Å². The van der Waals surface area contributed by atoms with Crippen LogP contribution in [0.1, 0.15) is 96.8 Å². The van der Waals surface area contributed by atoms with Crippen molar-refractivity contribution >= 4 is 7.60 Å². The van der Waals surface area contributed by atoms with Crippen LogP contribution in [0.15, 0.2) is 24.3 Å². The predicted molar refractivity (Wildman–Crippen MR) is 128 cm³/mol. The zero-order chi connectivity index (χ0) is 22.9. The first kappa shape index (κ1) is 29.5. The van der Waals surface area contributed by atoms with Crippen LogP contribution in [0.5, 0.6) is 0 Å². The molecular formula is C24H49NO4P+. The minimum Gasteiger partial charge on any atom is -0.373 e. The second-order valence-electron chi connectivity index (χ2n) is 9.62. The Hall–Kier alpha value is -0.450. The van der Waals surface area contributed by atoms with E-state index in [-0.39, 0.29) is 13.0 Å². The fraction of sp³-hybridized carbons (Fsp3) is 0.833. The molecule has 30 heavy (non-hydrogen) atoms. The zero-order valence-corrected chi connectivity index (χ0v) is 21.0. The lowest BCUT2D eigenvalue weighted by atomic mass is 10.1. The molecule has 0 saturated heterocycles. The summed E-state index contributed by atoms with van der Waals surface area (Å²) in [5.74, 6) is 0. The summed E-state index contributed by atoms with van der Waals surface area (Å²) in [7, 11) is 0.954. The normalized spacial score (nSPS) is 15.3. The van der Waals surface area contributed by atoms with Gasteiger partial charge in [-0.05, 0) is 57.8 Å². The molecular weight excluding hydrogens is 397 g/mol. The molecule has 3 N–H and O–H groups in total. The van der Waals surface area contributed by atoms with Crippen molar-refractivity contribution in [2.45, 2.75) is 102 Å². The molecule has 6 heteroatoms. The van der Waals surface area contributed by atoms with Gasteiger partial charge in [0.2, 0.25) is 5.34 Å². The maximum atomic E-state index is 11.8. The lowest BCUT2D eigenvalue weighted by Gasteiger charge is -2.35. The molecule has 178 valence electrons. The van der Waals surface area contributed by atoms with Gasteiger partial charge in [-0.3, -0.25) is 4.57 Å². The lowest BCUT2D eigenvalue weighted by Crippen LogP contribution is -2.49. The first-order valence-electron chi connectivity index (χ1n) is 11.9. The Morgan fingerprint density at radius 3 is 1.53 bits per heavy atom. The molecule has 0 aromatic heterocycles. The third kappa shape index (κ3) is 16.3.